The number of terminal acetylenes is 1. The van der Waals surface area contributed by atoms with Crippen LogP contribution in [0.25, 0.3) is 0 Å². The van der Waals surface area contributed by atoms with E-state index in [1.54, 1.807) is 13.8 Å². The van der Waals surface area contributed by atoms with Gasteiger partial charge < -0.3 is 19.1 Å². The Labute approximate surface area is 168 Å². The lowest BCUT2D eigenvalue weighted by atomic mass is 10.1. The van der Waals surface area contributed by atoms with Crippen LogP contribution in [-0.4, -0.2) is 57.7 Å². The third-order valence-electron chi connectivity index (χ3n) is 4.29. The van der Waals surface area contributed by atoms with Crippen molar-refractivity contribution in [2.24, 2.45) is 0 Å². The van der Waals surface area contributed by atoms with E-state index in [0.717, 1.165) is 10.6 Å². The number of aromatic nitrogens is 2. The van der Waals surface area contributed by atoms with Gasteiger partial charge in [-0.3, -0.25) is 23.4 Å². The highest BCUT2D eigenvalue weighted by atomic mass is 31.2. The maximum absolute atomic E-state index is 12.6. The molecule has 2 N–H and O–H groups in total. The first-order valence-electron chi connectivity index (χ1n) is 9.21. The average Bonchev–Trinajstić information content (AvgIpc) is 2.94. The van der Waals surface area contributed by atoms with Crippen LogP contribution in [0.4, 0.5) is 0 Å². The van der Waals surface area contributed by atoms with Crippen LogP contribution in [0.2, 0.25) is 0 Å². The smallest absolute Gasteiger partial charge is 0.331 e. The molecule has 0 bridgehead atoms. The molecule has 1 aromatic heterocycles. The van der Waals surface area contributed by atoms with Gasteiger partial charge in [0.2, 0.25) is 0 Å². The Morgan fingerprint density at radius 3 is 2.59 bits per heavy atom. The van der Waals surface area contributed by atoms with E-state index in [1.165, 1.54) is 6.20 Å². The molecule has 0 aliphatic carbocycles. The molecule has 10 nitrogen and oxygen atoms in total. The van der Waals surface area contributed by atoms with Crippen molar-refractivity contribution in [3.63, 3.8) is 0 Å². The summed E-state index contributed by atoms with van der Waals surface area (Å²) in [5.41, 5.74) is -1.97. The summed E-state index contributed by atoms with van der Waals surface area (Å²) in [6.07, 6.45) is 2.51. The molecular weight excluding hydrogens is 403 g/mol. The summed E-state index contributed by atoms with van der Waals surface area (Å²) in [4.78, 5) is 36.1. The molecule has 1 aliphatic heterocycles. The molecule has 1 fully saturated rings. The molecule has 2 unspecified atom stereocenters. The third-order valence-corrected chi connectivity index (χ3v) is 6.14. The molecule has 0 amide bonds. The van der Waals surface area contributed by atoms with Crippen molar-refractivity contribution in [3.8, 4) is 12.3 Å². The van der Waals surface area contributed by atoms with E-state index in [2.05, 4.69) is 10.9 Å². The molecular formula is C18H27N2O8P. The summed E-state index contributed by atoms with van der Waals surface area (Å²) >= 11 is 0. The van der Waals surface area contributed by atoms with Gasteiger partial charge in [-0.25, -0.2) is 4.79 Å². The van der Waals surface area contributed by atoms with E-state index in [1.807, 2.05) is 13.8 Å². The number of ether oxygens (including phenoxy) is 3. The van der Waals surface area contributed by atoms with Gasteiger partial charge in [-0.05, 0) is 13.8 Å². The number of H-pyrrole nitrogens is 1. The maximum atomic E-state index is 12.6. The molecule has 2 rings (SSSR count). The Kier molecular flexibility index (Phi) is 8.00. The Morgan fingerprint density at radius 2 is 2.03 bits per heavy atom. The SMILES string of the molecule is C#CCOC1[C@@H](OP(=O)(O)C(C)C)[C@@H](COC(C)C)O[C@H]1n1ccc(=O)[nH]c1=O. The van der Waals surface area contributed by atoms with Crippen LogP contribution in [0, 0.1) is 12.3 Å². The molecule has 1 aromatic rings. The second-order valence-electron chi connectivity index (χ2n) is 7.17. The van der Waals surface area contributed by atoms with E-state index >= 15 is 0 Å². The zero-order valence-corrected chi connectivity index (χ0v) is 17.7. The first-order valence-corrected chi connectivity index (χ1v) is 10.9. The Hall–Kier alpha value is -1.73. The minimum absolute atomic E-state index is 0.0327. The molecule has 1 saturated heterocycles. The van der Waals surface area contributed by atoms with Gasteiger partial charge in [0.25, 0.3) is 5.56 Å². The largest absolute Gasteiger partial charge is 0.376 e. The molecule has 1 aliphatic rings. The standard InChI is InChI=1S/C18H27N2O8P/c1-6-9-25-16-15(28-29(23,24)12(4)5)13(10-26-11(2)3)27-17(16)20-8-7-14(21)19-18(20)22/h1,7-8,11-13,15-17H,9-10H2,2-5H3,(H,23,24)(H,19,21,22)/t13-,15+,16?,17-/m1/s1. The van der Waals surface area contributed by atoms with E-state index in [-0.39, 0.29) is 19.3 Å². The molecule has 0 aromatic carbocycles. The molecule has 162 valence electrons. The fraction of sp³-hybridized carbons (Fsp3) is 0.667. The molecule has 11 heteroatoms. The van der Waals surface area contributed by atoms with E-state index < -0.39 is 49.0 Å². The topological polar surface area (TPSA) is 129 Å². The molecule has 5 atom stereocenters. The highest BCUT2D eigenvalue weighted by molar-refractivity contribution is 7.53. The zero-order chi connectivity index (χ0) is 21.8. The first-order chi connectivity index (χ1) is 13.6. The predicted octanol–water partition coefficient (Wildman–Crippen LogP) is 0.856. The predicted molar refractivity (Wildman–Crippen MR) is 105 cm³/mol. The summed E-state index contributed by atoms with van der Waals surface area (Å²) in [7, 11) is -4.02. The van der Waals surface area contributed by atoms with Crippen LogP contribution in [0.5, 0.6) is 0 Å². The Morgan fingerprint density at radius 1 is 1.34 bits per heavy atom. The lowest BCUT2D eigenvalue weighted by Gasteiger charge is -2.27. The summed E-state index contributed by atoms with van der Waals surface area (Å²) in [5, 5.41) is 0. The highest BCUT2D eigenvalue weighted by Crippen LogP contribution is 2.51. The van der Waals surface area contributed by atoms with Crippen molar-refractivity contribution in [2.75, 3.05) is 13.2 Å². The van der Waals surface area contributed by atoms with Gasteiger partial charge >= 0.3 is 13.3 Å². The maximum Gasteiger partial charge on any atom is 0.331 e. The summed E-state index contributed by atoms with van der Waals surface area (Å²) in [5.74, 6) is 2.32. The Bertz CT molecular complexity index is 887. The van der Waals surface area contributed by atoms with Crippen LogP contribution in [0.3, 0.4) is 0 Å². The van der Waals surface area contributed by atoms with Crippen LogP contribution < -0.4 is 11.2 Å². The fourth-order valence-corrected chi connectivity index (χ4v) is 3.57. The number of rotatable bonds is 9. The van der Waals surface area contributed by atoms with Crippen molar-refractivity contribution in [2.45, 2.75) is 64.0 Å². The average molecular weight is 430 g/mol. The van der Waals surface area contributed by atoms with Gasteiger partial charge in [0.05, 0.1) is 18.4 Å². The summed E-state index contributed by atoms with van der Waals surface area (Å²) in [6.45, 7) is 6.65. The third kappa shape index (κ3) is 5.89. The van der Waals surface area contributed by atoms with Crippen molar-refractivity contribution >= 4 is 7.60 Å². The summed E-state index contributed by atoms with van der Waals surface area (Å²) < 4.78 is 36.4. The summed E-state index contributed by atoms with van der Waals surface area (Å²) in [6, 6.07) is 1.15. The normalized spacial score (nSPS) is 26.6. The second kappa shape index (κ2) is 9.85. The molecule has 0 radical (unpaired) electrons. The number of nitrogens with zero attached hydrogens (tertiary/aromatic N) is 1. The van der Waals surface area contributed by atoms with Crippen LogP contribution in [0.15, 0.2) is 21.9 Å². The highest BCUT2D eigenvalue weighted by Gasteiger charge is 2.50. The van der Waals surface area contributed by atoms with Crippen molar-refractivity contribution in [3.05, 3.63) is 33.1 Å². The van der Waals surface area contributed by atoms with Gasteiger partial charge in [-0.1, -0.05) is 19.8 Å². The van der Waals surface area contributed by atoms with Gasteiger partial charge in [0, 0.05) is 12.3 Å². The fourth-order valence-electron chi connectivity index (χ4n) is 2.73. The van der Waals surface area contributed by atoms with Gasteiger partial charge in [0.1, 0.15) is 24.9 Å². The monoisotopic (exact) mass is 430 g/mol. The molecule has 0 saturated carbocycles. The first kappa shape index (κ1) is 23.5. The van der Waals surface area contributed by atoms with Gasteiger partial charge in [0.15, 0.2) is 6.23 Å². The number of aromatic amines is 1. The lowest BCUT2D eigenvalue weighted by Crippen LogP contribution is -2.41. The van der Waals surface area contributed by atoms with Crippen molar-refractivity contribution in [1.29, 1.82) is 0 Å². The number of hydrogen-bond acceptors (Lipinski definition) is 7. The molecule has 29 heavy (non-hydrogen) atoms. The van der Waals surface area contributed by atoms with E-state index in [4.69, 9.17) is 25.2 Å². The van der Waals surface area contributed by atoms with E-state index in [9.17, 15) is 19.0 Å². The van der Waals surface area contributed by atoms with Crippen LogP contribution in [0.1, 0.15) is 33.9 Å². The number of nitrogens with one attached hydrogen (secondary N) is 1. The zero-order valence-electron chi connectivity index (χ0n) is 16.8. The van der Waals surface area contributed by atoms with Gasteiger partial charge in [-0.2, -0.15) is 0 Å². The van der Waals surface area contributed by atoms with Crippen molar-refractivity contribution < 1.29 is 28.2 Å². The van der Waals surface area contributed by atoms with Crippen LogP contribution >= 0.6 is 7.60 Å². The molecule has 2 heterocycles. The minimum Gasteiger partial charge on any atom is -0.376 e. The van der Waals surface area contributed by atoms with Crippen LogP contribution in [-0.2, 0) is 23.3 Å². The quantitative estimate of drug-likeness (QED) is 0.436. The van der Waals surface area contributed by atoms with E-state index in [0.29, 0.717) is 0 Å². The minimum atomic E-state index is -4.02. The second-order valence-corrected chi connectivity index (χ2v) is 9.54. The van der Waals surface area contributed by atoms with Gasteiger partial charge in [-0.15, -0.1) is 6.42 Å². The molecule has 0 spiro atoms. The lowest BCUT2D eigenvalue weighted by molar-refractivity contribution is -0.0816. The number of hydrogen-bond donors (Lipinski definition) is 2. The van der Waals surface area contributed by atoms with Crippen molar-refractivity contribution in [1.82, 2.24) is 9.55 Å². The Balaban J connectivity index is 2.44.